The first-order valence-electron chi connectivity index (χ1n) is 8.12. The van der Waals surface area contributed by atoms with Gasteiger partial charge in [0.1, 0.15) is 5.82 Å². The summed E-state index contributed by atoms with van der Waals surface area (Å²) in [6, 6.07) is 8.14. The summed E-state index contributed by atoms with van der Waals surface area (Å²) in [5.41, 5.74) is 2.69. The van der Waals surface area contributed by atoms with Crippen LogP contribution in [0.5, 0.6) is 0 Å². The van der Waals surface area contributed by atoms with E-state index in [0.29, 0.717) is 30.2 Å². The highest BCUT2D eigenvalue weighted by Gasteiger charge is 2.11. The maximum absolute atomic E-state index is 14.0. The van der Waals surface area contributed by atoms with Gasteiger partial charge in [-0.2, -0.15) is 0 Å². The first kappa shape index (κ1) is 16.9. The van der Waals surface area contributed by atoms with E-state index in [4.69, 9.17) is 0 Å². The van der Waals surface area contributed by atoms with E-state index in [2.05, 4.69) is 25.9 Å². The molecule has 0 saturated carbocycles. The highest BCUT2D eigenvalue weighted by Crippen LogP contribution is 2.11. The highest BCUT2D eigenvalue weighted by molar-refractivity contribution is 5.94. The summed E-state index contributed by atoms with van der Waals surface area (Å²) < 4.78 is 14.0. The Bertz CT molecular complexity index is 806. The van der Waals surface area contributed by atoms with Crippen LogP contribution in [0.3, 0.4) is 0 Å². The summed E-state index contributed by atoms with van der Waals surface area (Å²) in [5.74, 6) is 0.0312. The summed E-state index contributed by atoms with van der Waals surface area (Å²) >= 11 is 0. The average molecular weight is 341 g/mol. The first-order valence-corrected chi connectivity index (χ1v) is 8.12. The molecule has 2 heterocycles. The van der Waals surface area contributed by atoms with Crippen molar-refractivity contribution in [3.63, 3.8) is 0 Å². The topological polar surface area (TPSA) is 78.4 Å². The molecule has 1 amide bonds. The van der Waals surface area contributed by atoms with E-state index in [-0.39, 0.29) is 18.3 Å². The van der Waals surface area contributed by atoms with E-state index < -0.39 is 0 Å². The van der Waals surface area contributed by atoms with Crippen molar-refractivity contribution in [1.29, 1.82) is 0 Å². The molecule has 0 radical (unpaired) electrons. The van der Waals surface area contributed by atoms with Crippen LogP contribution < -0.4 is 16.0 Å². The predicted octanol–water partition coefficient (Wildman–Crippen LogP) is 1.51. The number of aromatic nitrogens is 1. The lowest BCUT2D eigenvalue weighted by molar-refractivity contribution is 0.0950. The number of rotatable bonds is 5. The molecule has 0 saturated heterocycles. The SMILES string of the molecule is Cc1ccnc(CNC(=O)c2ccc(F)c(CNC3=NCCN3)c2)c1. The molecule has 2 aromatic rings. The maximum atomic E-state index is 14.0. The predicted molar refractivity (Wildman–Crippen MR) is 93.7 cm³/mol. The lowest BCUT2D eigenvalue weighted by Crippen LogP contribution is -2.33. The minimum atomic E-state index is -0.358. The van der Waals surface area contributed by atoms with Crippen molar-refractivity contribution < 1.29 is 9.18 Å². The quantitative estimate of drug-likeness (QED) is 0.770. The Morgan fingerprint density at radius 1 is 1.28 bits per heavy atom. The van der Waals surface area contributed by atoms with Crippen molar-refractivity contribution in [1.82, 2.24) is 20.9 Å². The van der Waals surface area contributed by atoms with E-state index in [0.717, 1.165) is 17.8 Å². The van der Waals surface area contributed by atoms with Crippen molar-refractivity contribution >= 4 is 11.9 Å². The number of nitrogens with zero attached hydrogens (tertiary/aromatic N) is 2. The van der Waals surface area contributed by atoms with Crippen LogP contribution in [0.25, 0.3) is 0 Å². The summed E-state index contributed by atoms with van der Waals surface area (Å²) in [6.07, 6.45) is 1.71. The molecular formula is C18H20FN5O. The van der Waals surface area contributed by atoms with Crippen molar-refractivity contribution in [2.24, 2.45) is 4.99 Å². The Kier molecular flexibility index (Phi) is 5.23. The third kappa shape index (κ3) is 4.53. The molecule has 3 N–H and O–H groups in total. The average Bonchev–Trinajstić information content (AvgIpc) is 3.12. The normalized spacial score (nSPS) is 13.1. The summed E-state index contributed by atoms with van der Waals surface area (Å²) in [4.78, 5) is 20.7. The number of aliphatic imine (C=N–C) groups is 1. The number of hydrogen-bond acceptors (Lipinski definition) is 5. The molecular weight excluding hydrogens is 321 g/mol. The van der Waals surface area contributed by atoms with Crippen LogP contribution in [0.2, 0.25) is 0 Å². The molecule has 1 aromatic carbocycles. The molecule has 3 rings (SSSR count). The summed E-state index contributed by atoms with van der Waals surface area (Å²) in [6.45, 7) is 4.04. The van der Waals surface area contributed by atoms with Crippen LogP contribution in [0.15, 0.2) is 41.5 Å². The second kappa shape index (κ2) is 7.74. The van der Waals surface area contributed by atoms with Gasteiger partial charge in [-0.15, -0.1) is 0 Å². The molecule has 1 aliphatic rings. The Balaban J connectivity index is 1.62. The number of aryl methyl sites for hydroxylation is 1. The lowest BCUT2D eigenvalue weighted by atomic mass is 10.1. The van der Waals surface area contributed by atoms with Crippen molar-refractivity contribution in [2.45, 2.75) is 20.0 Å². The first-order chi connectivity index (χ1) is 12.1. The maximum Gasteiger partial charge on any atom is 0.251 e. The Labute approximate surface area is 145 Å². The number of carbonyl (C=O) groups is 1. The van der Waals surface area contributed by atoms with Gasteiger partial charge in [0.2, 0.25) is 0 Å². The molecule has 0 bridgehead atoms. The van der Waals surface area contributed by atoms with Gasteiger partial charge in [-0.05, 0) is 42.8 Å². The van der Waals surface area contributed by atoms with Gasteiger partial charge < -0.3 is 16.0 Å². The van der Waals surface area contributed by atoms with E-state index in [9.17, 15) is 9.18 Å². The molecule has 7 heteroatoms. The van der Waals surface area contributed by atoms with Crippen LogP contribution in [-0.2, 0) is 13.1 Å². The Morgan fingerprint density at radius 2 is 2.16 bits per heavy atom. The highest BCUT2D eigenvalue weighted by atomic mass is 19.1. The number of nitrogens with one attached hydrogen (secondary N) is 3. The van der Waals surface area contributed by atoms with Crippen LogP contribution in [0.1, 0.15) is 27.2 Å². The van der Waals surface area contributed by atoms with Gasteiger partial charge in [-0.1, -0.05) is 0 Å². The molecule has 0 aliphatic carbocycles. The number of benzene rings is 1. The third-order valence-corrected chi connectivity index (χ3v) is 3.83. The fraction of sp³-hybridized carbons (Fsp3) is 0.278. The monoisotopic (exact) mass is 341 g/mol. The lowest BCUT2D eigenvalue weighted by Gasteiger charge is -2.10. The largest absolute Gasteiger partial charge is 0.355 e. The number of hydrogen-bond donors (Lipinski definition) is 3. The summed E-state index contributed by atoms with van der Waals surface area (Å²) in [7, 11) is 0. The fourth-order valence-corrected chi connectivity index (χ4v) is 2.52. The van der Waals surface area contributed by atoms with Gasteiger partial charge in [-0.3, -0.25) is 14.8 Å². The molecule has 1 aromatic heterocycles. The molecule has 25 heavy (non-hydrogen) atoms. The minimum Gasteiger partial charge on any atom is -0.355 e. The molecule has 1 aliphatic heterocycles. The molecule has 0 spiro atoms. The smallest absolute Gasteiger partial charge is 0.251 e. The number of carbonyl (C=O) groups excluding carboxylic acids is 1. The number of amides is 1. The fourth-order valence-electron chi connectivity index (χ4n) is 2.52. The number of pyridine rings is 1. The van der Waals surface area contributed by atoms with Gasteiger partial charge in [0.05, 0.1) is 18.8 Å². The van der Waals surface area contributed by atoms with Crippen LogP contribution in [-0.4, -0.2) is 29.9 Å². The zero-order valence-corrected chi connectivity index (χ0v) is 14.0. The number of guanidine groups is 1. The van der Waals surface area contributed by atoms with Crippen molar-refractivity contribution in [3.8, 4) is 0 Å². The van der Waals surface area contributed by atoms with E-state index >= 15 is 0 Å². The number of halogens is 1. The molecule has 6 nitrogen and oxygen atoms in total. The Hall–Kier alpha value is -2.96. The van der Waals surface area contributed by atoms with Crippen molar-refractivity contribution in [3.05, 3.63) is 64.7 Å². The minimum absolute atomic E-state index is 0.262. The van der Waals surface area contributed by atoms with Crippen LogP contribution in [0, 0.1) is 12.7 Å². The van der Waals surface area contributed by atoms with Crippen LogP contribution in [0.4, 0.5) is 4.39 Å². The third-order valence-electron chi connectivity index (χ3n) is 3.83. The van der Waals surface area contributed by atoms with Gasteiger partial charge in [0, 0.05) is 30.4 Å². The van der Waals surface area contributed by atoms with Crippen molar-refractivity contribution in [2.75, 3.05) is 13.1 Å². The van der Waals surface area contributed by atoms with Gasteiger partial charge >= 0.3 is 0 Å². The summed E-state index contributed by atoms with van der Waals surface area (Å²) in [5, 5.41) is 8.89. The van der Waals surface area contributed by atoms with E-state index in [1.807, 2.05) is 19.1 Å². The van der Waals surface area contributed by atoms with Gasteiger partial charge in [0.15, 0.2) is 5.96 Å². The zero-order chi connectivity index (χ0) is 17.6. The second-order valence-corrected chi connectivity index (χ2v) is 5.82. The van der Waals surface area contributed by atoms with E-state index in [1.54, 1.807) is 12.3 Å². The molecule has 0 unspecified atom stereocenters. The van der Waals surface area contributed by atoms with E-state index in [1.165, 1.54) is 12.1 Å². The second-order valence-electron chi connectivity index (χ2n) is 5.82. The van der Waals surface area contributed by atoms with Gasteiger partial charge in [0.25, 0.3) is 5.91 Å². The molecule has 0 fully saturated rings. The zero-order valence-electron chi connectivity index (χ0n) is 14.0. The van der Waals surface area contributed by atoms with Crippen LogP contribution >= 0.6 is 0 Å². The molecule has 130 valence electrons. The standard InChI is InChI=1S/C18H20FN5O/c1-12-4-5-20-15(8-12)11-23-17(25)13-2-3-16(19)14(9-13)10-24-18-21-6-7-22-18/h2-5,8-9H,6-7,10-11H2,1H3,(H,23,25)(H2,21,22,24). The molecule has 0 atom stereocenters. The Morgan fingerprint density at radius 3 is 2.92 bits per heavy atom. The van der Waals surface area contributed by atoms with Gasteiger partial charge in [-0.25, -0.2) is 4.39 Å².